The molecule has 0 amide bonds. The average Bonchev–Trinajstić information content (AvgIpc) is 1.39. The third kappa shape index (κ3) is 70.7. The van der Waals surface area contributed by atoms with Gasteiger partial charge in [0.25, 0.3) is 0 Å². The van der Waals surface area contributed by atoms with E-state index < -0.39 is 0 Å². The summed E-state index contributed by atoms with van der Waals surface area (Å²) in [6, 6.07) is 0. The molecule has 7 heteroatoms. The summed E-state index contributed by atoms with van der Waals surface area (Å²) < 4.78 is 0. The van der Waals surface area contributed by atoms with Gasteiger partial charge in [-0.2, -0.15) is 13.5 Å². The van der Waals surface area contributed by atoms with E-state index >= 15 is 0 Å². The SMILES string of the molecule is O=NO.O=NO.S. The van der Waals surface area contributed by atoms with Crippen molar-refractivity contribution in [1.29, 1.82) is 0 Å². The minimum absolute atomic E-state index is 0. The predicted octanol–water partition coefficient (Wildman–Crippen LogP) is 0.397. The Kier molecular flexibility index (Phi) is 157. The normalized spacial score (nSPS) is 3.43. The van der Waals surface area contributed by atoms with Crippen LogP contribution >= 0.6 is 13.5 Å². The predicted molar refractivity (Wildman–Crippen MR) is 25.5 cm³/mol. The third-order valence-electron chi connectivity index (χ3n) is 0. The number of hydrogen-bond donors (Lipinski definition) is 2. The highest BCUT2D eigenvalue weighted by molar-refractivity contribution is 7.59. The van der Waals surface area contributed by atoms with Crippen molar-refractivity contribution in [2.45, 2.75) is 0 Å². The van der Waals surface area contributed by atoms with Crippen LogP contribution in [0.25, 0.3) is 0 Å². The zero-order chi connectivity index (χ0) is 5.41. The first-order chi connectivity index (χ1) is 2.83. The minimum Gasteiger partial charge on any atom is -0.379 e. The van der Waals surface area contributed by atoms with E-state index in [1.54, 1.807) is 0 Å². The molecule has 0 fully saturated rings. The van der Waals surface area contributed by atoms with Gasteiger partial charge in [0.15, 0.2) is 10.7 Å². The van der Waals surface area contributed by atoms with Crippen molar-refractivity contribution in [3.8, 4) is 0 Å². The van der Waals surface area contributed by atoms with Crippen molar-refractivity contribution in [3.05, 3.63) is 9.81 Å². The fourth-order valence-corrected chi connectivity index (χ4v) is 0. The number of nitrogens with zero attached hydrogens (tertiary/aromatic N) is 2. The molecule has 7 heavy (non-hydrogen) atoms. The van der Waals surface area contributed by atoms with Gasteiger partial charge in [-0.05, 0) is 0 Å². The van der Waals surface area contributed by atoms with Gasteiger partial charge in [-0.1, -0.05) is 0 Å². The third-order valence-corrected chi connectivity index (χ3v) is 0. The molecule has 0 spiro atoms. The summed E-state index contributed by atoms with van der Waals surface area (Å²) in [6.45, 7) is 0. The molecule has 0 bridgehead atoms. The lowest BCUT2D eigenvalue weighted by Gasteiger charge is -1.32. The van der Waals surface area contributed by atoms with Gasteiger partial charge in [0.1, 0.15) is 0 Å². The zero-order valence-electron chi connectivity index (χ0n) is 3.11. The summed E-state index contributed by atoms with van der Waals surface area (Å²) >= 11 is 0. The van der Waals surface area contributed by atoms with Crippen LogP contribution in [0.5, 0.6) is 0 Å². The van der Waals surface area contributed by atoms with Gasteiger partial charge in [0, 0.05) is 0 Å². The Morgan fingerprint density at radius 2 is 1.00 bits per heavy atom. The molecule has 0 heterocycles. The van der Waals surface area contributed by atoms with E-state index in [9.17, 15) is 0 Å². The number of rotatable bonds is 0. The van der Waals surface area contributed by atoms with Gasteiger partial charge in [-0.25, -0.2) is 0 Å². The molecule has 44 valence electrons. The summed E-state index contributed by atoms with van der Waals surface area (Å²) in [5, 5.41) is 15.8. The van der Waals surface area contributed by atoms with E-state index in [0.717, 1.165) is 0 Å². The van der Waals surface area contributed by atoms with Crippen molar-refractivity contribution in [1.82, 2.24) is 0 Å². The molecule has 0 rings (SSSR count). The smallest absolute Gasteiger partial charge is 0.152 e. The molecule has 0 unspecified atom stereocenters. The molecule has 6 nitrogen and oxygen atoms in total. The monoisotopic (exact) mass is 128 g/mol. The molecular formula is H4N2O4S. The van der Waals surface area contributed by atoms with Gasteiger partial charge in [0.05, 0.1) is 0 Å². The largest absolute Gasteiger partial charge is 0.379 e. The minimum atomic E-state index is 0. The lowest BCUT2D eigenvalue weighted by Crippen LogP contribution is -1.25. The van der Waals surface area contributed by atoms with Crippen LogP contribution in [-0.2, 0) is 0 Å². The highest BCUT2D eigenvalue weighted by atomic mass is 32.1. The number of hydrogen-bond acceptors (Lipinski definition) is 4. The van der Waals surface area contributed by atoms with E-state index in [2.05, 4.69) is 0 Å². The summed E-state index contributed by atoms with van der Waals surface area (Å²) in [5.74, 6) is 0. The second-order valence-electron chi connectivity index (χ2n) is 0.163. The Morgan fingerprint density at radius 3 is 1.00 bits per heavy atom. The maximum absolute atomic E-state index is 8.11. The molecule has 0 aliphatic carbocycles. The molecule has 0 aromatic rings. The first-order valence-corrected chi connectivity index (χ1v) is 0.765. The summed E-state index contributed by atoms with van der Waals surface area (Å²) in [4.78, 5) is 16.2. The first kappa shape index (κ1) is 16.4. The summed E-state index contributed by atoms with van der Waals surface area (Å²) in [5.41, 5.74) is 0. The molecule has 0 radical (unpaired) electrons. The maximum atomic E-state index is 8.11. The average molecular weight is 128 g/mol. The van der Waals surface area contributed by atoms with E-state index in [1.807, 2.05) is 0 Å². The topological polar surface area (TPSA) is 99.3 Å². The van der Waals surface area contributed by atoms with Crippen LogP contribution in [0.2, 0.25) is 0 Å². The van der Waals surface area contributed by atoms with Crippen molar-refractivity contribution in [2.24, 2.45) is 10.7 Å². The molecule has 0 aliphatic heterocycles. The van der Waals surface area contributed by atoms with Crippen molar-refractivity contribution in [2.75, 3.05) is 0 Å². The Balaban J connectivity index is -0.0000000400. The van der Waals surface area contributed by atoms with E-state index in [0.29, 0.717) is 0 Å². The van der Waals surface area contributed by atoms with Gasteiger partial charge in [-0.3, -0.25) is 0 Å². The van der Waals surface area contributed by atoms with Crippen molar-refractivity contribution >= 4 is 13.5 Å². The molecule has 2 N–H and O–H groups in total. The molecule has 0 saturated carbocycles. The van der Waals surface area contributed by atoms with Gasteiger partial charge < -0.3 is 10.4 Å². The van der Waals surface area contributed by atoms with Crippen LogP contribution in [-0.4, -0.2) is 10.4 Å². The standard InChI is InChI=1S/2HNO2.H2S/c2*2-1-3;/h2*(H,2,3);1H2. The molecule has 0 aliphatic rings. The van der Waals surface area contributed by atoms with E-state index in [1.165, 1.54) is 10.7 Å². The van der Waals surface area contributed by atoms with Crippen LogP contribution in [0, 0.1) is 9.81 Å². The summed E-state index contributed by atoms with van der Waals surface area (Å²) in [6.07, 6.45) is 0. The van der Waals surface area contributed by atoms with Gasteiger partial charge >= 0.3 is 0 Å². The first-order valence-electron chi connectivity index (χ1n) is 0.765. The summed E-state index contributed by atoms with van der Waals surface area (Å²) in [7, 11) is 0. The quantitative estimate of drug-likeness (QED) is 0.364. The van der Waals surface area contributed by atoms with Crippen LogP contribution in [0.1, 0.15) is 0 Å². The lowest BCUT2D eigenvalue weighted by atomic mass is 13.4. The second-order valence-corrected chi connectivity index (χ2v) is 0.163. The van der Waals surface area contributed by atoms with Crippen LogP contribution in [0.15, 0.2) is 10.7 Å². The zero-order valence-corrected chi connectivity index (χ0v) is 4.11. The Bertz CT molecular complexity index is 30.7. The highest BCUT2D eigenvalue weighted by Gasteiger charge is 1.18. The molecule has 0 aromatic heterocycles. The van der Waals surface area contributed by atoms with Gasteiger partial charge in [-0.15, -0.1) is 9.81 Å². The lowest BCUT2D eigenvalue weighted by molar-refractivity contribution is 0.312. The molecule has 0 aromatic carbocycles. The molecule has 0 saturated heterocycles. The van der Waals surface area contributed by atoms with E-state index in [-0.39, 0.29) is 13.5 Å². The van der Waals surface area contributed by atoms with Gasteiger partial charge in [0.2, 0.25) is 0 Å². The fourth-order valence-electron chi connectivity index (χ4n) is 0. The Morgan fingerprint density at radius 1 is 1.00 bits per heavy atom. The Hall–Kier alpha value is -0.850. The molecular weight excluding hydrogens is 124 g/mol. The Labute approximate surface area is 45.5 Å². The van der Waals surface area contributed by atoms with Crippen LogP contribution in [0.4, 0.5) is 0 Å². The van der Waals surface area contributed by atoms with E-state index in [4.69, 9.17) is 20.2 Å². The maximum Gasteiger partial charge on any atom is 0.152 e. The van der Waals surface area contributed by atoms with Crippen molar-refractivity contribution in [3.63, 3.8) is 0 Å². The van der Waals surface area contributed by atoms with Crippen molar-refractivity contribution < 1.29 is 10.4 Å². The van der Waals surface area contributed by atoms with Crippen LogP contribution < -0.4 is 0 Å². The molecule has 0 atom stereocenters. The highest BCUT2D eigenvalue weighted by Crippen LogP contribution is 1.25. The second kappa shape index (κ2) is 67.1. The van der Waals surface area contributed by atoms with Crippen LogP contribution in [0.3, 0.4) is 0 Å². The fraction of sp³-hybridized carbons (Fsp3) is 0.